The fourth-order valence-electron chi connectivity index (χ4n) is 1.29. The summed E-state index contributed by atoms with van der Waals surface area (Å²) in [6.45, 7) is 0.842. The fourth-order valence-corrected chi connectivity index (χ4v) is 1.29. The van der Waals surface area contributed by atoms with Gasteiger partial charge in [0.05, 0.1) is 0 Å². The molecule has 0 spiro atoms. The van der Waals surface area contributed by atoms with E-state index in [0.29, 0.717) is 6.54 Å². The van der Waals surface area contributed by atoms with Crippen LogP contribution in [0.25, 0.3) is 5.95 Å². The maximum Gasteiger partial charge on any atom is 0.422 e. The zero-order valence-electron chi connectivity index (χ0n) is 10.4. The number of aromatic nitrogens is 5. The molecule has 0 aromatic carbocycles. The van der Waals surface area contributed by atoms with Gasteiger partial charge in [-0.2, -0.15) is 28.1 Å². The second-order valence-corrected chi connectivity index (χ2v) is 3.65. The molecule has 0 aliphatic carbocycles. The predicted octanol–water partition coefficient (Wildman–Crippen LogP) is 1.43. The molecule has 0 radical (unpaired) electrons. The number of alkyl halides is 3. The summed E-state index contributed by atoms with van der Waals surface area (Å²) in [6.07, 6.45) is 0.00426. The minimum atomic E-state index is -4.46. The molecule has 0 aliphatic heterocycles. The second kappa shape index (κ2) is 5.72. The third-order valence-corrected chi connectivity index (χ3v) is 2.04. The van der Waals surface area contributed by atoms with Crippen molar-refractivity contribution in [2.75, 3.05) is 18.5 Å². The van der Waals surface area contributed by atoms with Gasteiger partial charge in [-0.05, 0) is 6.92 Å². The molecule has 2 heterocycles. The predicted molar refractivity (Wildman–Crippen MR) is 62.7 cm³/mol. The molecule has 0 fully saturated rings. The lowest BCUT2D eigenvalue weighted by Gasteiger charge is -2.10. The van der Waals surface area contributed by atoms with Crippen molar-refractivity contribution in [1.29, 1.82) is 0 Å². The molecule has 2 aromatic heterocycles. The summed E-state index contributed by atoms with van der Waals surface area (Å²) in [5.41, 5.74) is 0. The van der Waals surface area contributed by atoms with Crippen LogP contribution in [-0.2, 0) is 0 Å². The van der Waals surface area contributed by atoms with Crippen LogP contribution in [0.1, 0.15) is 6.92 Å². The number of anilines is 1. The Morgan fingerprint density at radius 2 is 2.10 bits per heavy atom. The minimum absolute atomic E-state index is 0.116. The highest BCUT2D eigenvalue weighted by molar-refractivity contribution is 5.30. The first-order chi connectivity index (χ1) is 9.48. The van der Waals surface area contributed by atoms with Gasteiger partial charge in [-0.15, -0.1) is 0 Å². The zero-order chi connectivity index (χ0) is 14.6. The molecule has 0 atom stereocenters. The van der Waals surface area contributed by atoms with Gasteiger partial charge >= 0.3 is 12.2 Å². The number of nitrogens with one attached hydrogen (secondary N) is 1. The van der Waals surface area contributed by atoms with Gasteiger partial charge in [0.15, 0.2) is 6.61 Å². The normalized spacial score (nSPS) is 11.4. The molecule has 10 heteroatoms. The van der Waals surface area contributed by atoms with Crippen molar-refractivity contribution in [3.63, 3.8) is 0 Å². The summed E-state index contributed by atoms with van der Waals surface area (Å²) in [6, 6.07) is -0.406. The van der Waals surface area contributed by atoms with Crippen LogP contribution >= 0.6 is 0 Å². The third-order valence-electron chi connectivity index (χ3n) is 2.04. The smallest absolute Gasteiger partial charge is 0.422 e. The summed E-state index contributed by atoms with van der Waals surface area (Å²) < 4.78 is 42.4. The van der Waals surface area contributed by atoms with Crippen molar-refractivity contribution in [3.8, 4) is 12.0 Å². The Morgan fingerprint density at radius 1 is 1.30 bits per heavy atom. The average Bonchev–Trinajstić information content (AvgIpc) is 2.89. The number of imidazole rings is 1. The SMILES string of the molecule is CCNc1nc(OCC(F)(F)F)nc(-n2ccnc2)n1. The van der Waals surface area contributed by atoms with Crippen molar-refractivity contribution < 1.29 is 17.9 Å². The number of rotatable bonds is 5. The van der Waals surface area contributed by atoms with Crippen LogP contribution < -0.4 is 10.1 Å². The van der Waals surface area contributed by atoms with E-state index in [-0.39, 0.29) is 11.9 Å². The molecule has 0 bridgehead atoms. The van der Waals surface area contributed by atoms with Gasteiger partial charge in [0, 0.05) is 18.9 Å². The minimum Gasteiger partial charge on any atom is -0.454 e. The summed E-state index contributed by atoms with van der Waals surface area (Å²) in [5.74, 6) is 0.244. The Balaban J connectivity index is 2.26. The monoisotopic (exact) mass is 288 g/mol. The van der Waals surface area contributed by atoms with Crippen molar-refractivity contribution in [1.82, 2.24) is 24.5 Å². The number of hydrogen-bond donors (Lipinski definition) is 1. The number of hydrogen-bond acceptors (Lipinski definition) is 6. The Kier molecular flexibility index (Phi) is 4.01. The topological polar surface area (TPSA) is 77.8 Å². The molecule has 7 nitrogen and oxygen atoms in total. The summed E-state index contributed by atoms with van der Waals surface area (Å²) in [7, 11) is 0. The van der Waals surface area contributed by atoms with Gasteiger partial charge in [0.25, 0.3) is 0 Å². The molecule has 1 N–H and O–H groups in total. The van der Waals surface area contributed by atoms with Gasteiger partial charge < -0.3 is 10.1 Å². The van der Waals surface area contributed by atoms with E-state index >= 15 is 0 Å². The number of nitrogens with zero attached hydrogens (tertiary/aromatic N) is 5. The number of ether oxygens (including phenoxy) is 1. The van der Waals surface area contributed by atoms with Crippen LogP contribution in [0, 0.1) is 0 Å². The lowest BCUT2D eigenvalue weighted by molar-refractivity contribution is -0.154. The molecule has 0 amide bonds. The molecule has 2 rings (SSSR count). The quantitative estimate of drug-likeness (QED) is 0.896. The first kappa shape index (κ1) is 14.0. The van der Waals surface area contributed by atoms with Gasteiger partial charge in [-0.3, -0.25) is 4.57 Å². The first-order valence-corrected chi connectivity index (χ1v) is 5.66. The molecular weight excluding hydrogens is 277 g/mol. The zero-order valence-corrected chi connectivity index (χ0v) is 10.4. The second-order valence-electron chi connectivity index (χ2n) is 3.65. The van der Waals surface area contributed by atoms with E-state index in [4.69, 9.17) is 0 Å². The molecule has 0 saturated heterocycles. The van der Waals surface area contributed by atoms with Crippen LogP contribution in [0.4, 0.5) is 19.1 Å². The van der Waals surface area contributed by atoms with E-state index < -0.39 is 18.8 Å². The van der Waals surface area contributed by atoms with E-state index in [0.717, 1.165) is 0 Å². The van der Waals surface area contributed by atoms with Crippen molar-refractivity contribution >= 4 is 5.95 Å². The highest BCUT2D eigenvalue weighted by Gasteiger charge is 2.29. The standard InChI is InChI=1S/C10H11F3N6O/c1-2-15-7-16-8(19-4-3-14-6-19)18-9(17-7)20-5-10(11,12)13/h3-4,6H,2,5H2,1H3,(H,15,16,17,18). The first-order valence-electron chi connectivity index (χ1n) is 5.66. The summed E-state index contributed by atoms with van der Waals surface area (Å²) in [5, 5.41) is 2.79. The Labute approximate surface area is 111 Å². The highest BCUT2D eigenvalue weighted by Crippen LogP contribution is 2.17. The third kappa shape index (κ3) is 3.80. The molecule has 2 aromatic rings. The van der Waals surface area contributed by atoms with Crippen LogP contribution in [0.5, 0.6) is 6.01 Å². The van der Waals surface area contributed by atoms with Crippen molar-refractivity contribution in [2.45, 2.75) is 13.1 Å². The van der Waals surface area contributed by atoms with Gasteiger partial charge in [-0.25, -0.2) is 4.98 Å². The fraction of sp³-hybridized carbons (Fsp3) is 0.400. The molecule has 20 heavy (non-hydrogen) atoms. The Hall–Kier alpha value is -2.39. The van der Waals surface area contributed by atoms with Crippen LogP contribution in [-0.4, -0.2) is 43.8 Å². The summed E-state index contributed by atoms with van der Waals surface area (Å²) in [4.78, 5) is 15.4. The van der Waals surface area contributed by atoms with Gasteiger partial charge in [0.2, 0.25) is 11.9 Å². The average molecular weight is 288 g/mol. The lowest BCUT2D eigenvalue weighted by Crippen LogP contribution is -2.21. The largest absolute Gasteiger partial charge is 0.454 e. The van der Waals surface area contributed by atoms with E-state index in [1.165, 1.54) is 17.1 Å². The summed E-state index contributed by atoms with van der Waals surface area (Å²) >= 11 is 0. The van der Waals surface area contributed by atoms with E-state index in [9.17, 15) is 13.2 Å². The van der Waals surface area contributed by atoms with Gasteiger partial charge in [-0.1, -0.05) is 0 Å². The molecular formula is C10H11F3N6O. The van der Waals surface area contributed by atoms with Crippen LogP contribution in [0.15, 0.2) is 18.7 Å². The molecule has 0 saturated carbocycles. The van der Waals surface area contributed by atoms with Crippen LogP contribution in [0.2, 0.25) is 0 Å². The molecule has 0 aliphatic rings. The maximum absolute atomic E-state index is 12.1. The Bertz CT molecular complexity index is 557. The molecule has 0 unspecified atom stereocenters. The van der Waals surface area contributed by atoms with Crippen molar-refractivity contribution in [3.05, 3.63) is 18.7 Å². The lowest BCUT2D eigenvalue weighted by atomic mass is 10.7. The van der Waals surface area contributed by atoms with E-state index in [1.807, 2.05) is 0 Å². The number of halogens is 3. The molecule has 108 valence electrons. The van der Waals surface area contributed by atoms with Crippen molar-refractivity contribution in [2.24, 2.45) is 0 Å². The maximum atomic E-state index is 12.1. The van der Waals surface area contributed by atoms with E-state index in [2.05, 4.69) is 30.0 Å². The Morgan fingerprint density at radius 3 is 2.70 bits per heavy atom. The highest BCUT2D eigenvalue weighted by atomic mass is 19.4. The van der Waals surface area contributed by atoms with Crippen LogP contribution in [0.3, 0.4) is 0 Å². The van der Waals surface area contributed by atoms with Gasteiger partial charge in [0.1, 0.15) is 6.33 Å². The van der Waals surface area contributed by atoms with E-state index in [1.54, 1.807) is 13.1 Å².